The molecule has 4 aromatic rings. The molecule has 0 saturated heterocycles. The van der Waals surface area contributed by atoms with Crippen molar-refractivity contribution in [1.82, 2.24) is 15.3 Å². The molecule has 0 N–H and O–H groups in total. The summed E-state index contributed by atoms with van der Waals surface area (Å²) in [6.45, 7) is 1.95. The van der Waals surface area contributed by atoms with Crippen molar-refractivity contribution in [2.45, 2.75) is 6.92 Å². The number of esters is 1. The van der Waals surface area contributed by atoms with Crippen LogP contribution in [-0.2, 0) is 4.74 Å². The largest absolute Gasteiger partial charge is 0.461 e. The van der Waals surface area contributed by atoms with Crippen molar-refractivity contribution in [2.24, 2.45) is 0 Å². The van der Waals surface area contributed by atoms with Gasteiger partial charge in [0.1, 0.15) is 11.2 Å². The predicted molar refractivity (Wildman–Crippen MR) is 106 cm³/mol. The van der Waals surface area contributed by atoms with Crippen molar-refractivity contribution in [2.75, 3.05) is 6.61 Å². The molecule has 0 spiro atoms. The lowest BCUT2D eigenvalue weighted by molar-refractivity contribution is 0.0521. The van der Waals surface area contributed by atoms with Crippen LogP contribution in [0.15, 0.2) is 53.2 Å². The van der Waals surface area contributed by atoms with Crippen molar-refractivity contribution in [1.29, 1.82) is 0 Å². The summed E-state index contributed by atoms with van der Waals surface area (Å²) in [5, 5.41) is 9.20. The van der Waals surface area contributed by atoms with E-state index >= 15 is 0 Å². The molecule has 0 amide bonds. The fraction of sp³-hybridized carbons (Fsp3) is 0.100. The molecule has 8 heteroatoms. The Labute approximate surface area is 170 Å². The second-order valence-electron chi connectivity index (χ2n) is 5.88. The Balaban J connectivity index is 2.03. The van der Waals surface area contributed by atoms with E-state index in [0.29, 0.717) is 37.9 Å². The third kappa shape index (κ3) is 3.32. The first-order chi connectivity index (χ1) is 13.6. The summed E-state index contributed by atoms with van der Waals surface area (Å²) in [5.74, 6) is -0.562. The average Bonchev–Trinajstić information content (AvgIpc) is 3.18. The molecule has 0 aliphatic rings. The predicted octanol–water partition coefficient (Wildman–Crippen LogP) is 5.44. The molecular weight excluding hydrogens is 401 g/mol. The maximum atomic E-state index is 12.7. The van der Waals surface area contributed by atoms with E-state index in [4.69, 9.17) is 32.6 Å². The molecule has 0 saturated carbocycles. The van der Waals surface area contributed by atoms with Crippen molar-refractivity contribution in [3.05, 3.63) is 64.3 Å². The monoisotopic (exact) mass is 413 g/mol. The number of carbonyl (C=O) groups is 1. The normalized spacial score (nSPS) is 11.0. The van der Waals surface area contributed by atoms with Gasteiger partial charge >= 0.3 is 5.97 Å². The second-order valence-corrected chi connectivity index (χ2v) is 6.75. The van der Waals surface area contributed by atoms with E-state index in [1.54, 1.807) is 55.5 Å². The molecule has 4 rings (SSSR count). The Bertz CT molecular complexity index is 1160. The van der Waals surface area contributed by atoms with Gasteiger partial charge in [-0.15, -0.1) is 0 Å². The fourth-order valence-corrected chi connectivity index (χ4v) is 3.14. The number of nitrogens with zero attached hydrogens (tertiary/aromatic N) is 3. The smallest absolute Gasteiger partial charge is 0.357 e. The van der Waals surface area contributed by atoms with Gasteiger partial charge in [-0.3, -0.25) is 0 Å². The molecule has 2 aromatic carbocycles. The van der Waals surface area contributed by atoms with Gasteiger partial charge in [0, 0.05) is 21.2 Å². The number of aromatic nitrogens is 3. The van der Waals surface area contributed by atoms with E-state index in [9.17, 15) is 4.79 Å². The summed E-state index contributed by atoms with van der Waals surface area (Å²) in [5.41, 5.74) is 3.31. The number of hydrogen-bond acceptors (Lipinski definition) is 6. The van der Waals surface area contributed by atoms with Gasteiger partial charge in [0.25, 0.3) is 0 Å². The van der Waals surface area contributed by atoms with Crippen molar-refractivity contribution >= 4 is 40.2 Å². The third-order valence-corrected chi connectivity index (χ3v) is 4.63. The zero-order valence-electron chi connectivity index (χ0n) is 14.6. The molecule has 2 aromatic heterocycles. The quantitative estimate of drug-likeness (QED) is 0.414. The standard InChI is InChI=1S/C20H13Cl2N3O3/c1-2-27-20(26)18-15(11-3-7-13(21)8-4-11)17-19(25-28-24-17)16(23-18)12-5-9-14(22)10-6-12/h3-10H,2H2,1H3. The van der Waals surface area contributed by atoms with Crippen molar-refractivity contribution < 1.29 is 14.2 Å². The molecule has 0 unspecified atom stereocenters. The molecule has 0 bridgehead atoms. The second kappa shape index (κ2) is 7.58. The molecule has 0 atom stereocenters. The first kappa shape index (κ1) is 18.4. The summed E-state index contributed by atoms with van der Waals surface area (Å²) in [7, 11) is 0. The zero-order valence-corrected chi connectivity index (χ0v) is 16.2. The molecule has 140 valence electrons. The van der Waals surface area contributed by atoms with Crippen LogP contribution in [0.4, 0.5) is 0 Å². The molecule has 0 aliphatic heterocycles. The van der Waals surface area contributed by atoms with Gasteiger partial charge in [0.15, 0.2) is 11.2 Å². The lowest BCUT2D eigenvalue weighted by Crippen LogP contribution is -2.10. The summed E-state index contributed by atoms with van der Waals surface area (Å²) >= 11 is 12.0. The molecule has 0 fully saturated rings. The number of benzene rings is 2. The summed E-state index contributed by atoms with van der Waals surface area (Å²) in [6.07, 6.45) is 0. The number of hydrogen-bond donors (Lipinski definition) is 0. The maximum Gasteiger partial charge on any atom is 0.357 e. The third-order valence-electron chi connectivity index (χ3n) is 4.13. The maximum absolute atomic E-state index is 12.7. The Morgan fingerprint density at radius 3 is 2.11 bits per heavy atom. The Kier molecular flexibility index (Phi) is 4.98. The van der Waals surface area contributed by atoms with Crippen molar-refractivity contribution in [3.63, 3.8) is 0 Å². The van der Waals surface area contributed by atoms with Crippen LogP contribution in [0.5, 0.6) is 0 Å². The Morgan fingerprint density at radius 2 is 1.50 bits per heavy atom. The number of rotatable bonds is 4. The van der Waals surface area contributed by atoms with E-state index < -0.39 is 5.97 Å². The van der Waals surface area contributed by atoms with Crippen LogP contribution >= 0.6 is 23.2 Å². The fourth-order valence-electron chi connectivity index (χ4n) is 2.89. The molecule has 6 nitrogen and oxygen atoms in total. The van der Waals surface area contributed by atoms with Crippen LogP contribution < -0.4 is 0 Å². The highest BCUT2D eigenvalue weighted by atomic mass is 35.5. The van der Waals surface area contributed by atoms with E-state index in [-0.39, 0.29) is 12.3 Å². The van der Waals surface area contributed by atoms with Gasteiger partial charge in [-0.25, -0.2) is 14.4 Å². The van der Waals surface area contributed by atoms with E-state index in [2.05, 4.69) is 15.3 Å². The first-order valence-electron chi connectivity index (χ1n) is 8.43. The lowest BCUT2D eigenvalue weighted by Gasteiger charge is -2.11. The first-order valence-corrected chi connectivity index (χ1v) is 9.19. The minimum absolute atomic E-state index is 0.123. The van der Waals surface area contributed by atoms with Gasteiger partial charge in [0.05, 0.1) is 6.61 Å². The minimum atomic E-state index is -0.562. The van der Waals surface area contributed by atoms with Gasteiger partial charge in [-0.05, 0) is 47.1 Å². The van der Waals surface area contributed by atoms with E-state index in [1.165, 1.54) is 0 Å². The molecular formula is C20H13Cl2N3O3. The van der Waals surface area contributed by atoms with Gasteiger partial charge in [0.2, 0.25) is 0 Å². The highest BCUT2D eigenvalue weighted by Crippen LogP contribution is 2.35. The van der Waals surface area contributed by atoms with Gasteiger partial charge < -0.3 is 4.74 Å². The topological polar surface area (TPSA) is 78.1 Å². The highest BCUT2D eigenvalue weighted by molar-refractivity contribution is 6.31. The lowest BCUT2D eigenvalue weighted by atomic mass is 9.99. The number of fused-ring (bicyclic) bond motifs is 1. The summed E-state index contributed by atoms with van der Waals surface area (Å²) < 4.78 is 10.2. The zero-order chi connectivity index (χ0) is 19.7. The minimum Gasteiger partial charge on any atom is -0.461 e. The number of pyridine rings is 1. The van der Waals surface area contributed by atoms with Crippen LogP contribution in [-0.4, -0.2) is 27.9 Å². The Morgan fingerprint density at radius 1 is 0.929 bits per heavy atom. The van der Waals surface area contributed by atoms with E-state index in [1.807, 2.05) is 0 Å². The van der Waals surface area contributed by atoms with Crippen LogP contribution in [0.25, 0.3) is 33.4 Å². The van der Waals surface area contributed by atoms with Crippen LogP contribution in [0.2, 0.25) is 10.0 Å². The summed E-state index contributed by atoms with van der Waals surface area (Å²) in [4.78, 5) is 17.3. The number of ether oxygens (including phenoxy) is 1. The Hall–Kier alpha value is -2.96. The number of carbonyl (C=O) groups excluding carboxylic acids is 1. The van der Waals surface area contributed by atoms with Gasteiger partial charge in [-0.1, -0.05) is 47.5 Å². The van der Waals surface area contributed by atoms with Crippen LogP contribution in [0.1, 0.15) is 17.4 Å². The van der Waals surface area contributed by atoms with Crippen molar-refractivity contribution in [3.8, 4) is 22.4 Å². The molecule has 0 aliphatic carbocycles. The SMILES string of the molecule is CCOC(=O)c1nc(-c2ccc(Cl)cc2)c2nonc2c1-c1ccc(Cl)cc1. The van der Waals surface area contributed by atoms with Crippen LogP contribution in [0.3, 0.4) is 0 Å². The highest BCUT2D eigenvalue weighted by Gasteiger charge is 2.25. The number of halogens is 2. The molecule has 0 radical (unpaired) electrons. The average molecular weight is 414 g/mol. The molecule has 2 heterocycles. The van der Waals surface area contributed by atoms with E-state index in [0.717, 1.165) is 5.56 Å². The van der Waals surface area contributed by atoms with Gasteiger partial charge in [-0.2, -0.15) is 0 Å². The van der Waals surface area contributed by atoms with Crippen LogP contribution in [0, 0.1) is 0 Å². The summed E-state index contributed by atoms with van der Waals surface area (Å²) in [6, 6.07) is 14.0. The molecule has 28 heavy (non-hydrogen) atoms.